The van der Waals surface area contributed by atoms with Crippen molar-refractivity contribution in [1.82, 2.24) is 5.32 Å². The van der Waals surface area contributed by atoms with E-state index in [-0.39, 0.29) is 17.9 Å². The number of aryl methyl sites for hydroxylation is 1. The highest BCUT2D eigenvalue weighted by Crippen LogP contribution is 2.18. The fourth-order valence-corrected chi connectivity index (χ4v) is 2.68. The molecule has 5 heteroatoms. The molecule has 0 aliphatic rings. The lowest BCUT2D eigenvalue weighted by Gasteiger charge is -2.15. The number of rotatable bonds is 7. The summed E-state index contributed by atoms with van der Waals surface area (Å²) in [7, 11) is 0. The quantitative estimate of drug-likeness (QED) is 0.765. The molecule has 0 heterocycles. The third-order valence-electron chi connectivity index (χ3n) is 3.97. The second-order valence-electron chi connectivity index (χ2n) is 5.90. The van der Waals surface area contributed by atoms with Gasteiger partial charge in [-0.3, -0.25) is 9.59 Å². The van der Waals surface area contributed by atoms with Gasteiger partial charge in [0.25, 0.3) is 0 Å². The third-order valence-corrected chi connectivity index (χ3v) is 4.34. The van der Waals surface area contributed by atoms with Crippen molar-refractivity contribution >= 4 is 29.1 Å². The van der Waals surface area contributed by atoms with Gasteiger partial charge in [-0.25, -0.2) is 0 Å². The van der Waals surface area contributed by atoms with Crippen molar-refractivity contribution in [2.45, 2.75) is 39.2 Å². The third kappa shape index (κ3) is 5.91. The zero-order valence-electron chi connectivity index (χ0n) is 14.5. The van der Waals surface area contributed by atoms with Crippen LogP contribution in [0.25, 0.3) is 0 Å². The molecule has 2 N–H and O–H groups in total. The van der Waals surface area contributed by atoms with E-state index >= 15 is 0 Å². The largest absolute Gasteiger partial charge is 0.350 e. The first-order valence-electron chi connectivity index (χ1n) is 8.42. The van der Waals surface area contributed by atoms with Crippen LogP contribution in [0.4, 0.5) is 5.69 Å². The molecule has 25 heavy (non-hydrogen) atoms. The monoisotopic (exact) mass is 358 g/mol. The maximum Gasteiger partial charge on any atom is 0.224 e. The van der Waals surface area contributed by atoms with Crippen LogP contribution in [0.1, 0.15) is 43.9 Å². The van der Waals surface area contributed by atoms with Crippen molar-refractivity contribution in [3.8, 4) is 0 Å². The summed E-state index contributed by atoms with van der Waals surface area (Å²) in [6.07, 6.45) is 1.44. The Balaban J connectivity index is 1.86. The van der Waals surface area contributed by atoms with E-state index in [0.717, 1.165) is 16.8 Å². The van der Waals surface area contributed by atoms with Crippen molar-refractivity contribution in [3.05, 3.63) is 64.7 Å². The second-order valence-corrected chi connectivity index (χ2v) is 6.31. The average Bonchev–Trinajstić information content (AvgIpc) is 2.61. The van der Waals surface area contributed by atoms with Gasteiger partial charge in [-0.1, -0.05) is 48.9 Å². The Labute approximate surface area is 153 Å². The molecular weight excluding hydrogens is 336 g/mol. The van der Waals surface area contributed by atoms with Gasteiger partial charge in [0.1, 0.15) is 0 Å². The maximum absolute atomic E-state index is 12.2. The molecule has 132 valence electrons. The normalized spacial score (nSPS) is 11.6. The predicted molar refractivity (Wildman–Crippen MR) is 102 cm³/mol. The molecule has 2 rings (SSSR count). The van der Waals surface area contributed by atoms with E-state index in [9.17, 15) is 9.59 Å². The summed E-state index contributed by atoms with van der Waals surface area (Å²) >= 11 is 6.11. The molecule has 0 saturated heterocycles. The molecule has 2 aromatic rings. The van der Waals surface area contributed by atoms with Gasteiger partial charge in [-0.2, -0.15) is 0 Å². The molecule has 0 aliphatic carbocycles. The van der Waals surface area contributed by atoms with Gasteiger partial charge < -0.3 is 10.6 Å². The van der Waals surface area contributed by atoms with E-state index in [1.807, 2.05) is 62.4 Å². The van der Waals surface area contributed by atoms with E-state index in [1.54, 1.807) is 0 Å². The molecule has 4 nitrogen and oxygen atoms in total. The van der Waals surface area contributed by atoms with E-state index in [2.05, 4.69) is 10.6 Å². The predicted octanol–water partition coefficient (Wildman–Crippen LogP) is 4.50. The maximum atomic E-state index is 12.2. The molecule has 2 amide bonds. The first kappa shape index (κ1) is 19.0. The van der Waals surface area contributed by atoms with Crippen molar-refractivity contribution in [2.24, 2.45) is 0 Å². The van der Waals surface area contributed by atoms with Crippen LogP contribution in [0.2, 0.25) is 5.02 Å². The van der Waals surface area contributed by atoms with Crippen LogP contribution in [0, 0.1) is 0 Å². The minimum absolute atomic E-state index is 0.0178. The molecule has 0 radical (unpaired) electrons. The summed E-state index contributed by atoms with van der Waals surface area (Å²) in [5.74, 6) is -0.0375. The topological polar surface area (TPSA) is 58.2 Å². The number of anilines is 1. The average molecular weight is 359 g/mol. The van der Waals surface area contributed by atoms with Crippen LogP contribution in [-0.2, 0) is 16.0 Å². The smallest absolute Gasteiger partial charge is 0.224 e. The van der Waals surface area contributed by atoms with Crippen LogP contribution in [0.5, 0.6) is 0 Å². The Morgan fingerprint density at radius 1 is 1.04 bits per heavy atom. The second kappa shape index (κ2) is 9.23. The van der Waals surface area contributed by atoms with Gasteiger partial charge in [0.15, 0.2) is 0 Å². The van der Waals surface area contributed by atoms with Crippen molar-refractivity contribution in [3.63, 3.8) is 0 Å². The van der Waals surface area contributed by atoms with Gasteiger partial charge in [-0.05, 0) is 42.7 Å². The molecule has 0 bridgehead atoms. The lowest BCUT2D eigenvalue weighted by atomic mass is 10.1. The van der Waals surface area contributed by atoms with Gasteiger partial charge in [0.05, 0.1) is 6.04 Å². The van der Waals surface area contributed by atoms with Crippen LogP contribution in [0.3, 0.4) is 0 Å². The van der Waals surface area contributed by atoms with Crippen LogP contribution in [-0.4, -0.2) is 11.8 Å². The highest BCUT2D eigenvalue weighted by molar-refractivity contribution is 6.31. The summed E-state index contributed by atoms with van der Waals surface area (Å²) in [6.45, 7) is 3.75. The molecule has 0 spiro atoms. The standard InChI is InChI=1S/C20H23ClN2O2/c1-3-19(24)23-17-11-8-15(9-12-17)14(2)22-20(25)13-10-16-6-4-5-7-18(16)21/h4-9,11-12,14H,3,10,13H2,1-2H3,(H,22,25)(H,23,24). The zero-order valence-corrected chi connectivity index (χ0v) is 15.3. The summed E-state index contributed by atoms with van der Waals surface area (Å²) in [5.41, 5.74) is 2.72. The van der Waals surface area contributed by atoms with Gasteiger partial charge in [-0.15, -0.1) is 0 Å². The number of nitrogens with one attached hydrogen (secondary N) is 2. The minimum Gasteiger partial charge on any atom is -0.350 e. The van der Waals surface area contributed by atoms with Gasteiger partial charge in [0.2, 0.25) is 11.8 Å². The molecule has 0 saturated carbocycles. The zero-order chi connectivity index (χ0) is 18.2. The number of carbonyl (C=O) groups excluding carboxylic acids is 2. The fraction of sp³-hybridized carbons (Fsp3) is 0.300. The first-order valence-corrected chi connectivity index (χ1v) is 8.80. The number of hydrogen-bond donors (Lipinski definition) is 2. The van der Waals surface area contributed by atoms with Crippen LogP contribution >= 0.6 is 11.6 Å². The molecule has 2 aromatic carbocycles. The van der Waals surface area contributed by atoms with E-state index in [0.29, 0.717) is 24.3 Å². The molecule has 0 fully saturated rings. The fourth-order valence-electron chi connectivity index (χ4n) is 2.45. The Bertz CT molecular complexity index is 729. The van der Waals surface area contributed by atoms with Crippen molar-refractivity contribution in [2.75, 3.05) is 5.32 Å². The molecule has 1 unspecified atom stereocenters. The first-order chi connectivity index (χ1) is 12.0. The Morgan fingerprint density at radius 3 is 2.36 bits per heavy atom. The molecule has 1 atom stereocenters. The summed E-state index contributed by atoms with van der Waals surface area (Å²) in [4.78, 5) is 23.5. The number of halogens is 1. The summed E-state index contributed by atoms with van der Waals surface area (Å²) in [6, 6.07) is 15.0. The summed E-state index contributed by atoms with van der Waals surface area (Å²) < 4.78 is 0. The summed E-state index contributed by atoms with van der Waals surface area (Å²) in [5, 5.41) is 6.48. The van der Waals surface area contributed by atoms with Crippen LogP contribution in [0.15, 0.2) is 48.5 Å². The highest BCUT2D eigenvalue weighted by atomic mass is 35.5. The molecule has 0 aliphatic heterocycles. The van der Waals surface area contributed by atoms with E-state index in [1.165, 1.54) is 0 Å². The SMILES string of the molecule is CCC(=O)Nc1ccc(C(C)NC(=O)CCc2ccccc2Cl)cc1. The molecular formula is C20H23ClN2O2. The lowest BCUT2D eigenvalue weighted by Crippen LogP contribution is -2.26. The number of benzene rings is 2. The van der Waals surface area contributed by atoms with E-state index < -0.39 is 0 Å². The minimum atomic E-state index is -0.102. The Morgan fingerprint density at radius 2 is 1.72 bits per heavy atom. The Kier molecular flexibility index (Phi) is 7.02. The lowest BCUT2D eigenvalue weighted by molar-refractivity contribution is -0.121. The van der Waals surface area contributed by atoms with Gasteiger partial charge >= 0.3 is 0 Å². The Hall–Kier alpha value is -2.33. The van der Waals surface area contributed by atoms with Crippen molar-refractivity contribution in [1.29, 1.82) is 0 Å². The highest BCUT2D eigenvalue weighted by Gasteiger charge is 2.11. The number of amides is 2. The van der Waals surface area contributed by atoms with Gasteiger partial charge in [0, 0.05) is 23.6 Å². The van der Waals surface area contributed by atoms with E-state index in [4.69, 9.17) is 11.6 Å². The number of carbonyl (C=O) groups is 2. The molecule has 0 aromatic heterocycles. The van der Waals surface area contributed by atoms with Crippen molar-refractivity contribution < 1.29 is 9.59 Å². The van der Waals surface area contributed by atoms with Crippen LogP contribution < -0.4 is 10.6 Å². The number of hydrogen-bond acceptors (Lipinski definition) is 2.